The SMILES string of the molecule is Bc1ccc(F)cc1OC(C)(C)C. The number of halogens is 1. The van der Waals surface area contributed by atoms with Gasteiger partial charge in [-0.2, -0.15) is 0 Å². The van der Waals surface area contributed by atoms with Crippen molar-refractivity contribution in [3.05, 3.63) is 24.0 Å². The van der Waals surface area contributed by atoms with E-state index in [4.69, 9.17) is 4.74 Å². The zero-order valence-corrected chi connectivity index (χ0v) is 8.52. The van der Waals surface area contributed by atoms with Crippen LogP contribution in [-0.2, 0) is 0 Å². The highest BCUT2D eigenvalue weighted by Gasteiger charge is 2.13. The molecule has 0 N–H and O–H groups in total. The zero-order valence-electron chi connectivity index (χ0n) is 8.52. The molecule has 0 saturated heterocycles. The molecule has 0 amide bonds. The molecular weight excluding hydrogens is 166 g/mol. The summed E-state index contributed by atoms with van der Waals surface area (Å²) in [5, 5.41) is 0. The van der Waals surface area contributed by atoms with Crippen molar-refractivity contribution in [2.75, 3.05) is 0 Å². The summed E-state index contributed by atoms with van der Waals surface area (Å²) in [7, 11) is 1.90. The number of hydrogen-bond donors (Lipinski definition) is 0. The second kappa shape index (κ2) is 3.40. The van der Waals surface area contributed by atoms with Crippen molar-refractivity contribution in [2.24, 2.45) is 0 Å². The first-order valence-corrected chi connectivity index (χ1v) is 4.34. The molecule has 0 aromatic heterocycles. The maximum atomic E-state index is 12.8. The third kappa shape index (κ3) is 3.09. The zero-order chi connectivity index (χ0) is 10.1. The summed E-state index contributed by atoms with van der Waals surface area (Å²) >= 11 is 0. The van der Waals surface area contributed by atoms with E-state index in [0.717, 1.165) is 5.46 Å². The van der Waals surface area contributed by atoms with Crippen molar-refractivity contribution in [3.63, 3.8) is 0 Å². The van der Waals surface area contributed by atoms with Gasteiger partial charge in [0.25, 0.3) is 0 Å². The molecule has 1 aromatic carbocycles. The molecular formula is C10H14BFO. The Labute approximate surface area is 79.3 Å². The lowest BCUT2D eigenvalue weighted by molar-refractivity contribution is 0.132. The molecule has 13 heavy (non-hydrogen) atoms. The lowest BCUT2D eigenvalue weighted by Gasteiger charge is -2.22. The maximum absolute atomic E-state index is 12.8. The van der Waals surface area contributed by atoms with Crippen molar-refractivity contribution in [2.45, 2.75) is 26.4 Å². The number of benzene rings is 1. The normalized spacial score (nSPS) is 11.4. The average Bonchev–Trinajstić information content (AvgIpc) is 1.94. The summed E-state index contributed by atoms with van der Waals surface area (Å²) in [5.74, 6) is 0.359. The molecule has 0 fully saturated rings. The predicted molar refractivity (Wildman–Crippen MR) is 55.0 cm³/mol. The minimum absolute atomic E-state index is 0.259. The molecule has 0 saturated carbocycles. The first kappa shape index (κ1) is 10.1. The van der Waals surface area contributed by atoms with Crippen LogP contribution in [0.15, 0.2) is 18.2 Å². The van der Waals surface area contributed by atoms with Crippen LogP contribution in [0.4, 0.5) is 4.39 Å². The summed E-state index contributed by atoms with van der Waals surface area (Å²) in [6, 6.07) is 4.57. The van der Waals surface area contributed by atoms with Crippen LogP contribution in [0.2, 0.25) is 0 Å². The summed E-state index contributed by atoms with van der Waals surface area (Å²) in [6.07, 6.45) is 0. The summed E-state index contributed by atoms with van der Waals surface area (Å²) in [6.45, 7) is 5.83. The van der Waals surface area contributed by atoms with Crippen LogP contribution in [0.3, 0.4) is 0 Å². The van der Waals surface area contributed by atoms with Crippen LogP contribution < -0.4 is 10.2 Å². The number of ether oxygens (including phenoxy) is 1. The van der Waals surface area contributed by atoms with Crippen molar-refractivity contribution < 1.29 is 9.13 Å². The molecule has 0 atom stereocenters. The van der Waals surface area contributed by atoms with Gasteiger partial charge in [-0.1, -0.05) is 6.07 Å². The monoisotopic (exact) mass is 180 g/mol. The van der Waals surface area contributed by atoms with Gasteiger partial charge < -0.3 is 4.74 Å². The number of hydrogen-bond acceptors (Lipinski definition) is 1. The topological polar surface area (TPSA) is 9.23 Å². The van der Waals surface area contributed by atoms with Gasteiger partial charge in [0, 0.05) is 6.07 Å². The Morgan fingerprint density at radius 1 is 1.31 bits per heavy atom. The van der Waals surface area contributed by atoms with Gasteiger partial charge in [0.2, 0.25) is 0 Å². The molecule has 0 aliphatic heterocycles. The molecule has 0 spiro atoms. The Morgan fingerprint density at radius 3 is 2.46 bits per heavy atom. The summed E-state index contributed by atoms with van der Waals surface area (Å²) in [4.78, 5) is 0. The van der Waals surface area contributed by atoms with Crippen molar-refractivity contribution in [3.8, 4) is 5.75 Å². The first-order chi connectivity index (χ1) is 5.88. The van der Waals surface area contributed by atoms with E-state index in [2.05, 4.69) is 0 Å². The van der Waals surface area contributed by atoms with Gasteiger partial charge in [0.15, 0.2) is 0 Å². The summed E-state index contributed by atoms with van der Waals surface area (Å²) < 4.78 is 18.4. The molecule has 1 aromatic rings. The van der Waals surface area contributed by atoms with E-state index in [9.17, 15) is 4.39 Å². The first-order valence-electron chi connectivity index (χ1n) is 4.34. The molecule has 70 valence electrons. The van der Waals surface area contributed by atoms with Crippen LogP contribution in [0, 0.1) is 5.82 Å². The molecule has 0 aliphatic rings. The number of rotatable bonds is 1. The molecule has 1 nitrogen and oxygen atoms in total. The average molecular weight is 180 g/mol. The van der Waals surface area contributed by atoms with Crippen molar-refractivity contribution >= 4 is 13.3 Å². The minimum Gasteiger partial charge on any atom is -0.489 e. The Bertz CT molecular complexity index is 304. The lowest BCUT2D eigenvalue weighted by Crippen LogP contribution is -2.26. The van der Waals surface area contributed by atoms with Gasteiger partial charge >= 0.3 is 0 Å². The van der Waals surface area contributed by atoms with Gasteiger partial charge in [-0.25, -0.2) is 4.39 Å². The van der Waals surface area contributed by atoms with E-state index in [-0.39, 0.29) is 11.4 Å². The molecule has 1 rings (SSSR count). The van der Waals surface area contributed by atoms with Crippen molar-refractivity contribution in [1.82, 2.24) is 0 Å². The van der Waals surface area contributed by atoms with Crippen LogP contribution in [-0.4, -0.2) is 13.4 Å². The van der Waals surface area contributed by atoms with Gasteiger partial charge in [-0.05, 0) is 32.3 Å². The van der Waals surface area contributed by atoms with Gasteiger partial charge in [0.05, 0.1) is 0 Å². The van der Waals surface area contributed by atoms with E-state index in [1.165, 1.54) is 12.1 Å². The van der Waals surface area contributed by atoms with E-state index in [1.54, 1.807) is 6.07 Å². The lowest BCUT2D eigenvalue weighted by atomic mass is 9.95. The fraction of sp³-hybridized carbons (Fsp3) is 0.400. The predicted octanol–water partition coefficient (Wildman–Crippen LogP) is 1.26. The highest BCUT2D eigenvalue weighted by molar-refractivity contribution is 6.34. The highest BCUT2D eigenvalue weighted by Crippen LogP contribution is 2.16. The largest absolute Gasteiger partial charge is 0.489 e. The Kier molecular flexibility index (Phi) is 2.64. The van der Waals surface area contributed by atoms with Crippen LogP contribution >= 0.6 is 0 Å². The smallest absolute Gasteiger partial charge is 0.144 e. The second-order valence-electron chi connectivity index (χ2n) is 4.12. The molecule has 0 unspecified atom stereocenters. The summed E-state index contributed by atoms with van der Waals surface area (Å²) in [5.41, 5.74) is 0.676. The van der Waals surface area contributed by atoms with E-state index >= 15 is 0 Å². The van der Waals surface area contributed by atoms with E-state index < -0.39 is 0 Å². The van der Waals surface area contributed by atoms with Gasteiger partial charge in [-0.15, -0.1) is 0 Å². The van der Waals surface area contributed by atoms with Gasteiger partial charge in [0.1, 0.15) is 25.0 Å². The van der Waals surface area contributed by atoms with Crippen LogP contribution in [0.25, 0.3) is 0 Å². The Morgan fingerprint density at radius 2 is 1.92 bits per heavy atom. The minimum atomic E-state index is -0.279. The Hall–Kier alpha value is -0.985. The fourth-order valence-electron chi connectivity index (χ4n) is 1.01. The van der Waals surface area contributed by atoms with Gasteiger partial charge in [-0.3, -0.25) is 0 Å². The molecule has 0 radical (unpaired) electrons. The van der Waals surface area contributed by atoms with Crippen molar-refractivity contribution in [1.29, 1.82) is 0 Å². The second-order valence-corrected chi connectivity index (χ2v) is 4.12. The molecule has 0 aliphatic carbocycles. The molecule has 0 heterocycles. The van der Waals surface area contributed by atoms with E-state index in [0.29, 0.717) is 5.75 Å². The fourth-order valence-corrected chi connectivity index (χ4v) is 1.01. The Balaban J connectivity index is 2.94. The third-order valence-electron chi connectivity index (χ3n) is 1.57. The third-order valence-corrected chi connectivity index (χ3v) is 1.57. The highest BCUT2D eigenvalue weighted by atomic mass is 19.1. The van der Waals surface area contributed by atoms with Crippen LogP contribution in [0.1, 0.15) is 20.8 Å². The molecule has 0 bridgehead atoms. The molecule has 3 heteroatoms. The standard InChI is InChI=1S/C10H14BFO/c1-10(2,3)13-9-6-7(12)4-5-8(9)11/h4-6H,11H2,1-3H3. The van der Waals surface area contributed by atoms with Crippen LogP contribution in [0.5, 0.6) is 5.75 Å². The maximum Gasteiger partial charge on any atom is 0.144 e. The quantitative estimate of drug-likeness (QED) is 0.591. The van der Waals surface area contributed by atoms with E-state index in [1.807, 2.05) is 28.6 Å².